The normalized spacial score (nSPS) is 29.5. The van der Waals surface area contributed by atoms with Crippen molar-refractivity contribution in [1.82, 2.24) is 15.3 Å². The molecule has 0 aliphatic carbocycles. The lowest BCUT2D eigenvalue weighted by Gasteiger charge is -2.46. The zero-order chi connectivity index (χ0) is 29.4. The van der Waals surface area contributed by atoms with Gasteiger partial charge in [-0.3, -0.25) is 25.3 Å². The van der Waals surface area contributed by atoms with Crippen molar-refractivity contribution in [2.45, 2.75) is 48.4 Å². The third-order valence-electron chi connectivity index (χ3n) is 7.15. The number of nitrogens with zero attached hydrogens (tertiary/aromatic N) is 3. The summed E-state index contributed by atoms with van der Waals surface area (Å²) in [4.78, 5) is 38.2. The lowest BCUT2D eigenvalue weighted by molar-refractivity contribution is -0.523. The van der Waals surface area contributed by atoms with Gasteiger partial charge in [0, 0.05) is 0 Å². The number of amides is 1. The number of carbonyl (C=O) groups is 2. The van der Waals surface area contributed by atoms with Gasteiger partial charge in [0.25, 0.3) is 11.4 Å². The van der Waals surface area contributed by atoms with Crippen LogP contribution in [0.2, 0.25) is 0 Å². The van der Waals surface area contributed by atoms with Crippen LogP contribution in [0.25, 0.3) is 0 Å². The van der Waals surface area contributed by atoms with E-state index in [1.165, 1.54) is 0 Å². The highest BCUT2D eigenvalue weighted by molar-refractivity contribution is 5.92. The molecule has 13 nitrogen and oxygen atoms in total. The molecule has 4 aliphatic rings. The number of rotatable bonds is 4. The summed E-state index contributed by atoms with van der Waals surface area (Å²) in [6.45, 7) is -0.787. The number of hydrogen-bond acceptors (Lipinski definition) is 11. The van der Waals surface area contributed by atoms with Crippen LogP contribution in [-0.2, 0) is 26.7 Å². The first-order chi connectivity index (χ1) is 18.5. The highest BCUT2D eigenvalue weighted by atomic mass is 19.4. The first-order valence-corrected chi connectivity index (χ1v) is 11.6. The average Bonchev–Trinajstić information content (AvgIpc) is 3.47. The maximum atomic E-state index is 13.5. The lowest BCUT2D eigenvalue weighted by atomic mass is 9.85. The van der Waals surface area contributed by atoms with Crippen LogP contribution >= 0.6 is 0 Å². The molecular formula is C21H22F6N7O6+. The van der Waals surface area contributed by atoms with Gasteiger partial charge in [-0.25, -0.2) is 20.2 Å². The van der Waals surface area contributed by atoms with E-state index in [2.05, 4.69) is 15.3 Å². The second-order valence-corrected chi connectivity index (χ2v) is 9.51. The Morgan fingerprint density at radius 3 is 2.52 bits per heavy atom. The number of benzene rings is 1. The van der Waals surface area contributed by atoms with E-state index < -0.39 is 71.2 Å². The van der Waals surface area contributed by atoms with Crippen molar-refractivity contribution in [3.63, 3.8) is 0 Å². The van der Waals surface area contributed by atoms with Gasteiger partial charge in [-0.15, -0.1) is 0 Å². The second kappa shape index (κ2) is 8.83. The van der Waals surface area contributed by atoms with Crippen LogP contribution in [0.5, 0.6) is 0 Å². The number of aliphatic imine (C=N–C) groups is 1. The number of esters is 1. The minimum Gasteiger partial charge on any atom is -0.451 e. The number of halogens is 6. The third-order valence-corrected chi connectivity index (χ3v) is 7.15. The molecular weight excluding hydrogens is 560 g/mol. The summed E-state index contributed by atoms with van der Waals surface area (Å²) in [6, 6.07) is -2.02. The molecule has 0 unspecified atom stereocenters. The van der Waals surface area contributed by atoms with Crippen molar-refractivity contribution in [1.29, 1.82) is 0 Å². The van der Waals surface area contributed by atoms with E-state index in [9.17, 15) is 46.1 Å². The van der Waals surface area contributed by atoms with Crippen molar-refractivity contribution in [3.05, 3.63) is 34.9 Å². The van der Waals surface area contributed by atoms with Crippen LogP contribution < -0.4 is 21.8 Å². The molecule has 2 saturated heterocycles. The highest BCUT2D eigenvalue weighted by Crippen LogP contribution is 2.43. The fourth-order valence-electron chi connectivity index (χ4n) is 5.35. The van der Waals surface area contributed by atoms with Crippen LogP contribution in [-0.4, -0.2) is 93.3 Å². The van der Waals surface area contributed by atoms with Gasteiger partial charge < -0.3 is 20.7 Å². The molecule has 4 aliphatic heterocycles. The maximum absolute atomic E-state index is 13.5. The minimum atomic E-state index is -5.25. The number of aliphatic hydroxyl groups is 2. The zero-order valence-corrected chi connectivity index (χ0v) is 20.1. The summed E-state index contributed by atoms with van der Waals surface area (Å²) in [6.07, 6.45) is -12.3. The molecule has 2 fully saturated rings. The standard InChI is InChI=1S/C21H21F6N7O6/c22-20(23,24)8-1-2-10(21(25,26)27)9(5-8)15(36)40-12-7-33-17(29)30-11(6-34-13(35)3-4-39-34)14-18(33,19(12,37)38)32-16(28)31-14/h1-2,5,11-12,14,37-38H,3-4,6-7H2,(H2,29,30)(H3,28,31,32)/p+1/t11-,12-,14-,18-/m0/s1. The van der Waals surface area contributed by atoms with E-state index in [1.807, 2.05) is 0 Å². The predicted octanol–water partition coefficient (Wildman–Crippen LogP) is -2.83. The molecule has 218 valence electrons. The highest BCUT2D eigenvalue weighted by Gasteiger charge is 2.77. The van der Waals surface area contributed by atoms with Crippen molar-refractivity contribution >= 4 is 23.8 Å². The van der Waals surface area contributed by atoms with E-state index in [0.717, 1.165) is 9.96 Å². The zero-order valence-electron chi connectivity index (χ0n) is 20.1. The van der Waals surface area contributed by atoms with Gasteiger partial charge in [0.15, 0.2) is 18.1 Å². The molecule has 5 rings (SSSR count). The number of guanidine groups is 2. The Bertz CT molecular complexity index is 1320. The smallest absolute Gasteiger partial charge is 0.417 e. The molecule has 40 heavy (non-hydrogen) atoms. The summed E-state index contributed by atoms with van der Waals surface area (Å²) < 4.78 is 85.3. The van der Waals surface area contributed by atoms with E-state index >= 15 is 0 Å². The predicted molar refractivity (Wildman–Crippen MR) is 117 cm³/mol. The number of carbonyl (C=O) groups excluding carboxylic acids is 2. The van der Waals surface area contributed by atoms with Gasteiger partial charge in [-0.2, -0.15) is 26.3 Å². The van der Waals surface area contributed by atoms with E-state index in [-0.39, 0.29) is 55.6 Å². The minimum absolute atomic E-state index is 0.0367. The Labute approximate surface area is 220 Å². The van der Waals surface area contributed by atoms with Gasteiger partial charge >= 0.3 is 24.3 Å². The topological polar surface area (TPSA) is 190 Å². The van der Waals surface area contributed by atoms with Crippen molar-refractivity contribution in [3.8, 4) is 0 Å². The summed E-state index contributed by atoms with van der Waals surface area (Å²) >= 11 is 0. The molecule has 0 saturated carbocycles. The molecule has 0 aromatic heterocycles. The Morgan fingerprint density at radius 1 is 1.23 bits per heavy atom. The number of hydrogen-bond donors (Lipinski definition) is 6. The van der Waals surface area contributed by atoms with Crippen LogP contribution in [0.15, 0.2) is 23.2 Å². The van der Waals surface area contributed by atoms with Gasteiger partial charge in [-0.05, 0) is 18.2 Å². The van der Waals surface area contributed by atoms with Gasteiger partial charge in [0.1, 0.15) is 6.04 Å². The maximum Gasteiger partial charge on any atom is 0.417 e. The first-order valence-electron chi connectivity index (χ1n) is 11.6. The molecule has 8 N–H and O–H groups in total. The SMILES string of the molecule is NC1=N[C@@H](CN2OCCC2=O)[C@@H]2[NH+]=C(N)N[C@]23N1C[C@H](OC(=O)c1cc(C(F)(F)F)ccc1C(F)(F)F)C3(O)O. The van der Waals surface area contributed by atoms with E-state index in [0.29, 0.717) is 0 Å². The Kier molecular flexibility index (Phi) is 6.12. The lowest BCUT2D eigenvalue weighted by Crippen LogP contribution is -2.90. The average molecular weight is 582 g/mol. The number of ether oxygens (including phenoxy) is 1. The Hall–Kier alpha value is -3.84. The van der Waals surface area contributed by atoms with Gasteiger partial charge in [0.2, 0.25) is 5.91 Å². The van der Waals surface area contributed by atoms with E-state index in [1.54, 1.807) is 0 Å². The van der Waals surface area contributed by atoms with Crippen molar-refractivity contribution < 1.29 is 60.7 Å². The van der Waals surface area contributed by atoms with Crippen LogP contribution in [0.3, 0.4) is 0 Å². The van der Waals surface area contributed by atoms with E-state index in [4.69, 9.17) is 21.0 Å². The molecule has 1 amide bonds. The number of hydroxylamine groups is 2. The number of nitrogens with one attached hydrogen (secondary N) is 2. The van der Waals surface area contributed by atoms with Gasteiger partial charge in [0.05, 0.1) is 42.8 Å². The summed E-state index contributed by atoms with van der Waals surface area (Å²) in [5.41, 5.74) is 5.02. The summed E-state index contributed by atoms with van der Waals surface area (Å²) in [5.74, 6) is -6.02. The molecule has 4 heterocycles. The Morgan fingerprint density at radius 2 is 1.93 bits per heavy atom. The summed E-state index contributed by atoms with van der Waals surface area (Å²) in [5, 5.41) is 26.3. The molecule has 4 atom stereocenters. The molecule has 19 heteroatoms. The largest absolute Gasteiger partial charge is 0.451 e. The van der Waals surface area contributed by atoms with Gasteiger partial charge in [-0.1, -0.05) is 0 Å². The Balaban J connectivity index is 1.49. The van der Waals surface area contributed by atoms with Crippen molar-refractivity contribution in [2.24, 2.45) is 16.5 Å². The van der Waals surface area contributed by atoms with Crippen molar-refractivity contribution in [2.75, 3.05) is 19.7 Å². The number of alkyl halides is 6. The quantitative estimate of drug-likeness (QED) is 0.123. The summed E-state index contributed by atoms with van der Waals surface area (Å²) in [7, 11) is 0. The van der Waals surface area contributed by atoms with Crippen LogP contribution in [0.4, 0.5) is 26.3 Å². The van der Waals surface area contributed by atoms with Crippen LogP contribution in [0, 0.1) is 0 Å². The molecule has 0 bridgehead atoms. The molecule has 1 spiro atoms. The molecule has 1 aromatic rings. The monoisotopic (exact) mass is 582 g/mol. The fourth-order valence-corrected chi connectivity index (χ4v) is 5.35. The first kappa shape index (κ1) is 27.7. The molecule has 1 aromatic carbocycles. The number of nitrogens with two attached hydrogens (primary N) is 2. The third kappa shape index (κ3) is 4.15. The fraction of sp³-hybridized carbons (Fsp3) is 0.524. The molecule has 0 radical (unpaired) electrons. The second-order valence-electron chi connectivity index (χ2n) is 9.51. The van der Waals surface area contributed by atoms with Crippen LogP contribution in [0.1, 0.15) is 27.9 Å².